The van der Waals surface area contributed by atoms with E-state index in [0.29, 0.717) is 62.0 Å². The van der Waals surface area contributed by atoms with Crippen molar-refractivity contribution >= 4 is 40.2 Å². The Morgan fingerprint density at radius 2 is 1.06 bits per heavy atom. The van der Waals surface area contributed by atoms with E-state index in [1.165, 1.54) is 11.8 Å². The minimum Gasteiger partial charge on any atom is -0.454 e. The second-order valence-corrected chi connectivity index (χ2v) is 13.6. The van der Waals surface area contributed by atoms with Gasteiger partial charge in [-0.15, -0.1) is 0 Å². The molecule has 9 nitrogen and oxygen atoms in total. The van der Waals surface area contributed by atoms with Crippen LogP contribution in [0.15, 0.2) is 121 Å². The lowest BCUT2D eigenvalue weighted by Gasteiger charge is -2.39. The van der Waals surface area contributed by atoms with Crippen molar-refractivity contribution in [1.82, 2.24) is 0 Å². The zero-order valence-corrected chi connectivity index (χ0v) is 27.8. The average Bonchev–Trinajstić information content (AvgIpc) is 3.98. The highest BCUT2D eigenvalue weighted by Crippen LogP contribution is 2.74. The number of ketones is 2. The number of carbonyl (C=O) groups is 4. The Bertz CT molecular complexity index is 2300. The first-order valence-electron chi connectivity index (χ1n) is 17.1. The van der Waals surface area contributed by atoms with Gasteiger partial charge in [0.05, 0.1) is 28.4 Å². The molecule has 52 heavy (non-hydrogen) atoms. The van der Waals surface area contributed by atoms with Gasteiger partial charge >= 0.3 is 0 Å². The summed E-state index contributed by atoms with van der Waals surface area (Å²) >= 11 is 0. The highest BCUT2D eigenvalue weighted by atomic mass is 16.7. The average molecular weight is 688 g/mol. The van der Waals surface area contributed by atoms with Gasteiger partial charge in [0.1, 0.15) is 0 Å². The summed E-state index contributed by atoms with van der Waals surface area (Å²) in [5.41, 5.74) is 1.10. The monoisotopic (exact) mass is 687 g/mol. The molecule has 0 radical (unpaired) electrons. The molecule has 3 aliphatic heterocycles. The number of hydrogen-bond acceptors (Lipinski definition) is 8. The number of benzene rings is 5. The van der Waals surface area contributed by atoms with E-state index in [0.717, 1.165) is 0 Å². The van der Waals surface area contributed by atoms with Crippen LogP contribution in [0.25, 0.3) is 11.1 Å². The number of nitrogens with zero attached hydrogens (tertiary/aromatic N) is 1. The molecule has 5 aliphatic rings. The van der Waals surface area contributed by atoms with Crippen molar-refractivity contribution in [3.8, 4) is 23.0 Å². The van der Waals surface area contributed by atoms with E-state index in [9.17, 15) is 4.79 Å². The predicted molar refractivity (Wildman–Crippen MR) is 189 cm³/mol. The summed E-state index contributed by atoms with van der Waals surface area (Å²) < 4.78 is 23.1. The molecule has 2 amide bonds. The molecule has 4 atom stereocenters. The summed E-state index contributed by atoms with van der Waals surface area (Å²) in [5.74, 6) is -1.58. The van der Waals surface area contributed by atoms with Crippen LogP contribution in [0.2, 0.25) is 0 Å². The number of rotatable bonds is 6. The van der Waals surface area contributed by atoms with Crippen LogP contribution in [0.4, 0.5) is 5.69 Å². The number of imide groups is 1. The number of amides is 2. The number of ether oxygens (including phenoxy) is 4. The molecule has 0 aromatic heterocycles. The van der Waals surface area contributed by atoms with Gasteiger partial charge in [0.25, 0.3) is 0 Å². The standard InChI is InChI=1S/C43H29NO8/c1-24(45)25-9-8-14-30(19-25)44-39(46)37-38(40(44)47)43(29-12-6-3-7-13-29)36(27-16-18-32-34(21-27)52-23-50-32)35(26-15-17-31-33(20-26)51-22-49-31)42(37,41(43)48)28-10-4-2-5-11-28/h2-21,37-38H,22-23H2,1H3. The Morgan fingerprint density at radius 3 is 1.54 bits per heavy atom. The van der Waals surface area contributed by atoms with Crippen molar-refractivity contribution in [3.63, 3.8) is 0 Å². The van der Waals surface area contributed by atoms with E-state index in [1.54, 1.807) is 24.3 Å². The van der Waals surface area contributed by atoms with Gasteiger partial charge in [0.2, 0.25) is 25.4 Å². The first-order valence-corrected chi connectivity index (χ1v) is 17.1. The SMILES string of the molecule is CC(=O)c1cccc(N2C(=O)C3C(C2=O)C2(c4ccccc4)C(=O)C3(c3ccccc3)C(c3ccc4c(c3)OCO4)=C2c2ccc3c(c2)OCO3)c1. The Kier molecular flexibility index (Phi) is 6.28. The van der Waals surface area contributed by atoms with Gasteiger partial charge in [0.15, 0.2) is 34.6 Å². The number of fused-ring (bicyclic) bond motifs is 7. The first-order chi connectivity index (χ1) is 25.4. The van der Waals surface area contributed by atoms with Gasteiger partial charge in [-0.05, 0) is 76.7 Å². The van der Waals surface area contributed by atoms with E-state index in [2.05, 4.69) is 0 Å². The van der Waals surface area contributed by atoms with Crippen molar-refractivity contribution in [2.75, 3.05) is 18.5 Å². The number of carbonyl (C=O) groups excluding carboxylic acids is 4. The Labute approximate surface area is 298 Å². The zero-order valence-electron chi connectivity index (χ0n) is 27.8. The van der Waals surface area contributed by atoms with Crippen molar-refractivity contribution < 1.29 is 38.1 Å². The third-order valence-corrected chi connectivity index (χ3v) is 11.3. The maximum Gasteiger partial charge on any atom is 0.239 e. The second-order valence-electron chi connectivity index (χ2n) is 13.6. The Hall–Kier alpha value is -6.48. The number of allylic oxidation sites excluding steroid dienone is 2. The smallest absolute Gasteiger partial charge is 0.239 e. The van der Waals surface area contributed by atoms with Gasteiger partial charge in [-0.2, -0.15) is 0 Å². The lowest BCUT2D eigenvalue weighted by molar-refractivity contribution is -0.130. The van der Waals surface area contributed by atoms with Gasteiger partial charge in [-0.3, -0.25) is 19.2 Å². The molecule has 2 fully saturated rings. The number of hydrogen-bond donors (Lipinski definition) is 0. The van der Waals surface area contributed by atoms with Gasteiger partial charge in [0, 0.05) is 5.56 Å². The predicted octanol–water partition coefficient (Wildman–Crippen LogP) is 6.54. The van der Waals surface area contributed by atoms with Crippen LogP contribution in [0.1, 0.15) is 39.5 Å². The summed E-state index contributed by atoms with van der Waals surface area (Å²) in [6, 6.07) is 36.2. The summed E-state index contributed by atoms with van der Waals surface area (Å²) in [6.45, 7) is 1.54. The number of anilines is 1. The van der Waals surface area contributed by atoms with Crippen LogP contribution in [-0.4, -0.2) is 37.0 Å². The summed E-state index contributed by atoms with van der Waals surface area (Å²) in [7, 11) is 0. The summed E-state index contributed by atoms with van der Waals surface area (Å²) in [4.78, 5) is 60.5. The van der Waals surface area contributed by atoms with Gasteiger partial charge < -0.3 is 18.9 Å². The van der Waals surface area contributed by atoms with Gasteiger partial charge in [-0.25, -0.2) is 4.90 Å². The van der Waals surface area contributed by atoms with Crippen LogP contribution >= 0.6 is 0 Å². The molecular weight excluding hydrogens is 658 g/mol. The molecule has 0 N–H and O–H groups in total. The maximum atomic E-state index is 16.2. The van der Waals surface area contributed by atoms with E-state index in [1.807, 2.05) is 97.1 Å². The molecule has 2 aliphatic carbocycles. The molecule has 4 unspecified atom stereocenters. The van der Waals surface area contributed by atoms with Crippen molar-refractivity contribution in [3.05, 3.63) is 149 Å². The van der Waals surface area contributed by atoms with Crippen LogP contribution < -0.4 is 23.8 Å². The molecule has 1 saturated carbocycles. The van der Waals surface area contributed by atoms with Crippen LogP contribution in [-0.2, 0) is 25.2 Å². The highest BCUT2D eigenvalue weighted by Gasteiger charge is 2.82. The third kappa shape index (κ3) is 3.72. The molecule has 2 bridgehead atoms. The molecule has 1 saturated heterocycles. The highest BCUT2D eigenvalue weighted by molar-refractivity contribution is 6.39. The lowest BCUT2D eigenvalue weighted by atomic mass is 9.59. The van der Waals surface area contributed by atoms with Crippen molar-refractivity contribution in [1.29, 1.82) is 0 Å². The van der Waals surface area contributed by atoms with Gasteiger partial charge in [-0.1, -0.05) is 84.9 Å². The second kappa shape index (κ2) is 10.8. The third-order valence-electron chi connectivity index (χ3n) is 11.3. The fraction of sp³-hybridized carbons (Fsp3) is 0.163. The molecule has 0 spiro atoms. The Morgan fingerprint density at radius 1 is 0.577 bits per heavy atom. The normalized spacial score (nSPS) is 24.9. The minimum absolute atomic E-state index is 0.0511. The largest absolute Gasteiger partial charge is 0.454 e. The molecular formula is C43H29NO8. The quantitative estimate of drug-likeness (QED) is 0.146. The molecule has 9 heteroatoms. The van der Waals surface area contributed by atoms with Crippen molar-refractivity contribution in [2.45, 2.75) is 17.8 Å². The molecule has 10 rings (SSSR count). The molecule has 5 aromatic carbocycles. The van der Waals surface area contributed by atoms with Crippen LogP contribution in [0.5, 0.6) is 23.0 Å². The molecule has 5 aromatic rings. The summed E-state index contributed by atoms with van der Waals surface area (Å²) in [6.07, 6.45) is 0. The molecule has 3 heterocycles. The van der Waals surface area contributed by atoms with E-state index < -0.39 is 34.5 Å². The minimum atomic E-state index is -1.62. The van der Waals surface area contributed by atoms with Crippen LogP contribution in [0, 0.1) is 11.8 Å². The fourth-order valence-corrected chi connectivity index (χ4v) is 9.35. The Balaban J connectivity index is 1.35. The van der Waals surface area contributed by atoms with E-state index >= 15 is 14.4 Å². The maximum absolute atomic E-state index is 16.2. The van der Waals surface area contributed by atoms with E-state index in [4.69, 9.17) is 18.9 Å². The zero-order chi connectivity index (χ0) is 35.4. The summed E-state index contributed by atoms with van der Waals surface area (Å²) in [5, 5.41) is 0. The number of Topliss-reactive ketones (excluding diaryl/α,β-unsaturated/α-hetero) is 2. The van der Waals surface area contributed by atoms with Crippen LogP contribution in [0.3, 0.4) is 0 Å². The topological polar surface area (TPSA) is 108 Å². The molecule has 254 valence electrons. The first kappa shape index (κ1) is 30.4. The van der Waals surface area contributed by atoms with Crippen molar-refractivity contribution in [2.24, 2.45) is 11.8 Å². The van der Waals surface area contributed by atoms with E-state index in [-0.39, 0.29) is 30.8 Å². The fourth-order valence-electron chi connectivity index (χ4n) is 9.35. The lowest BCUT2D eigenvalue weighted by Crippen LogP contribution is -2.45.